The highest BCUT2D eigenvalue weighted by Gasteiger charge is 2.42. The van der Waals surface area contributed by atoms with Crippen molar-refractivity contribution >= 4 is 45.7 Å². The van der Waals surface area contributed by atoms with Crippen molar-refractivity contribution < 1.29 is 4.79 Å². The number of nitrogens with zero attached hydrogens (tertiary/aromatic N) is 3. The van der Waals surface area contributed by atoms with Gasteiger partial charge in [0, 0.05) is 18.4 Å². The third-order valence-electron chi connectivity index (χ3n) is 5.48. The molecule has 1 saturated heterocycles. The normalized spacial score (nSPS) is 21.6. The van der Waals surface area contributed by atoms with Crippen molar-refractivity contribution in [1.29, 1.82) is 0 Å². The van der Waals surface area contributed by atoms with Gasteiger partial charge in [-0.05, 0) is 44.4 Å². The van der Waals surface area contributed by atoms with Crippen LogP contribution in [0.1, 0.15) is 36.5 Å². The fourth-order valence-corrected chi connectivity index (χ4v) is 4.46. The van der Waals surface area contributed by atoms with E-state index in [-0.39, 0.29) is 11.6 Å². The van der Waals surface area contributed by atoms with Crippen molar-refractivity contribution in [3.8, 4) is 0 Å². The van der Waals surface area contributed by atoms with E-state index in [0.29, 0.717) is 16.4 Å². The van der Waals surface area contributed by atoms with Gasteiger partial charge in [0.15, 0.2) is 0 Å². The van der Waals surface area contributed by atoms with Crippen LogP contribution in [0.3, 0.4) is 0 Å². The van der Waals surface area contributed by atoms with E-state index in [4.69, 9.17) is 11.6 Å². The minimum absolute atomic E-state index is 0.114. The lowest BCUT2D eigenvalue weighted by atomic mass is 9.91. The third kappa shape index (κ3) is 2.53. The fourth-order valence-electron chi connectivity index (χ4n) is 4.15. The number of amides is 1. The summed E-state index contributed by atoms with van der Waals surface area (Å²) in [5, 5.41) is 7.80. The maximum atomic E-state index is 12.7. The third-order valence-corrected chi connectivity index (χ3v) is 5.78. The van der Waals surface area contributed by atoms with Crippen molar-refractivity contribution in [3.63, 3.8) is 0 Å². The smallest absolute Gasteiger partial charge is 0.256 e. The van der Waals surface area contributed by atoms with Crippen molar-refractivity contribution in [2.24, 2.45) is 0 Å². The first-order valence-electron chi connectivity index (χ1n) is 9.04. The Hall–Kier alpha value is -2.80. The molecule has 1 unspecified atom stereocenters. The molecule has 8 heteroatoms. The standard InChI is InChI=1S/C19H19ClN6O/c1-19-5-2-3-7-26(19)14-9-11(8-13(20)15(14)18(27)25-19)24-17-12-4-6-21-16(12)22-10-23-17/h4,6,8-10H,2-3,5,7H2,1H3,(H,25,27)(H2,21,22,23,24). The van der Waals surface area contributed by atoms with E-state index in [0.717, 1.165) is 48.2 Å². The molecule has 1 fully saturated rings. The number of nitrogens with one attached hydrogen (secondary N) is 3. The largest absolute Gasteiger partial charge is 0.348 e. The van der Waals surface area contributed by atoms with Gasteiger partial charge in [-0.2, -0.15) is 0 Å². The molecule has 4 heterocycles. The summed E-state index contributed by atoms with van der Waals surface area (Å²) in [6, 6.07) is 5.68. The van der Waals surface area contributed by atoms with Gasteiger partial charge in [0.05, 0.1) is 21.7 Å². The molecule has 2 aliphatic rings. The monoisotopic (exact) mass is 382 g/mol. The number of benzene rings is 1. The van der Waals surface area contributed by atoms with Crippen LogP contribution in [0, 0.1) is 0 Å². The Morgan fingerprint density at radius 2 is 2.19 bits per heavy atom. The predicted octanol–water partition coefficient (Wildman–Crippen LogP) is 3.80. The van der Waals surface area contributed by atoms with E-state index in [1.54, 1.807) is 6.07 Å². The van der Waals surface area contributed by atoms with Crippen LogP contribution in [0.25, 0.3) is 11.0 Å². The first-order chi connectivity index (χ1) is 13.0. The minimum atomic E-state index is -0.368. The van der Waals surface area contributed by atoms with E-state index >= 15 is 0 Å². The number of hydrogen-bond acceptors (Lipinski definition) is 5. The van der Waals surface area contributed by atoms with E-state index in [2.05, 4.69) is 37.4 Å². The highest BCUT2D eigenvalue weighted by atomic mass is 35.5. The van der Waals surface area contributed by atoms with E-state index in [9.17, 15) is 4.79 Å². The summed E-state index contributed by atoms with van der Waals surface area (Å²) in [6.07, 6.45) is 6.45. The van der Waals surface area contributed by atoms with Gasteiger partial charge in [-0.25, -0.2) is 9.97 Å². The molecular formula is C19H19ClN6O. The molecule has 27 heavy (non-hydrogen) atoms. The second-order valence-electron chi connectivity index (χ2n) is 7.28. The van der Waals surface area contributed by atoms with Crippen LogP contribution in [-0.4, -0.2) is 33.1 Å². The van der Waals surface area contributed by atoms with Crippen LogP contribution in [0.4, 0.5) is 17.2 Å². The summed E-state index contributed by atoms with van der Waals surface area (Å²) in [5.74, 6) is 0.580. The van der Waals surface area contributed by atoms with Gasteiger partial charge in [0.25, 0.3) is 5.91 Å². The Morgan fingerprint density at radius 3 is 3.07 bits per heavy atom. The van der Waals surface area contributed by atoms with Crippen LogP contribution in [0.5, 0.6) is 0 Å². The molecule has 1 atom stereocenters. The summed E-state index contributed by atoms with van der Waals surface area (Å²) >= 11 is 6.52. The fraction of sp³-hybridized carbons (Fsp3) is 0.316. The zero-order chi connectivity index (χ0) is 18.6. The van der Waals surface area contributed by atoms with Gasteiger partial charge in [-0.1, -0.05) is 11.6 Å². The average Bonchev–Trinajstić information content (AvgIpc) is 3.10. The van der Waals surface area contributed by atoms with Crippen LogP contribution >= 0.6 is 11.6 Å². The lowest BCUT2D eigenvalue weighted by Gasteiger charge is -2.50. The summed E-state index contributed by atoms with van der Waals surface area (Å²) in [5.41, 5.74) is 2.60. The molecule has 1 aromatic carbocycles. The van der Waals surface area contributed by atoms with Crippen LogP contribution < -0.4 is 15.5 Å². The molecule has 0 bridgehead atoms. The lowest BCUT2D eigenvalue weighted by Crippen LogP contribution is -2.64. The number of aromatic nitrogens is 3. The Labute approximate surface area is 161 Å². The number of hydrogen-bond donors (Lipinski definition) is 3. The molecule has 7 nitrogen and oxygen atoms in total. The van der Waals surface area contributed by atoms with E-state index in [1.165, 1.54) is 6.33 Å². The number of carbonyl (C=O) groups excluding carboxylic acids is 1. The summed E-state index contributed by atoms with van der Waals surface area (Å²) in [7, 11) is 0. The summed E-state index contributed by atoms with van der Waals surface area (Å²) < 4.78 is 0. The second kappa shape index (κ2) is 5.85. The van der Waals surface area contributed by atoms with Crippen molar-refractivity contribution in [2.45, 2.75) is 31.8 Å². The number of rotatable bonds is 2. The Balaban J connectivity index is 1.60. The maximum absolute atomic E-state index is 12.7. The number of anilines is 3. The summed E-state index contributed by atoms with van der Waals surface area (Å²) in [6.45, 7) is 2.97. The molecule has 138 valence electrons. The number of fused-ring (bicyclic) bond motifs is 4. The minimum Gasteiger partial charge on any atom is -0.348 e. The quantitative estimate of drug-likeness (QED) is 0.627. The first kappa shape index (κ1) is 16.4. The number of aromatic amines is 1. The number of halogens is 1. The molecular weight excluding hydrogens is 364 g/mol. The maximum Gasteiger partial charge on any atom is 0.256 e. The molecule has 0 radical (unpaired) electrons. The SMILES string of the molecule is CC12CCCCN1c1cc(Nc3ncnc4[nH]ccc34)cc(Cl)c1C(=O)N2. The topological polar surface area (TPSA) is 85.9 Å². The Morgan fingerprint density at radius 1 is 1.30 bits per heavy atom. The second-order valence-corrected chi connectivity index (χ2v) is 7.68. The predicted molar refractivity (Wildman–Crippen MR) is 106 cm³/mol. The van der Waals surface area contributed by atoms with Crippen LogP contribution in [-0.2, 0) is 0 Å². The lowest BCUT2D eigenvalue weighted by molar-refractivity contribution is 0.0871. The number of carbonyl (C=O) groups is 1. The average molecular weight is 383 g/mol. The zero-order valence-corrected chi connectivity index (χ0v) is 15.6. The molecule has 2 aliphatic heterocycles. The highest BCUT2D eigenvalue weighted by molar-refractivity contribution is 6.35. The molecule has 5 rings (SSSR count). The van der Waals surface area contributed by atoms with Crippen molar-refractivity contribution in [2.75, 3.05) is 16.8 Å². The summed E-state index contributed by atoms with van der Waals surface area (Å²) in [4.78, 5) is 26.6. The molecule has 3 N–H and O–H groups in total. The molecule has 3 aromatic rings. The van der Waals surface area contributed by atoms with E-state index in [1.807, 2.05) is 18.3 Å². The Kier molecular flexibility index (Phi) is 3.55. The molecule has 0 spiro atoms. The van der Waals surface area contributed by atoms with Crippen LogP contribution in [0.15, 0.2) is 30.7 Å². The highest BCUT2D eigenvalue weighted by Crippen LogP contribution is 2.42. The first-order valence-corrected chi connectivity index (χ1v) is 9.42. The molecule has 1 amide bonds. The van der Waals surface area contributed by atoms with Crippen molar-refractivity contribution in [1.82, 2.24) is 20.3 Å². The van der Waals surface area contributed by atoms with Crippen molar-refractivity contribution in [3.05, 3.63) is 41.3 Å². The number of H-pyrrole nitrogens is 1. The molecule has 0 aliphatic carbocycles. The molecule has 2 aromatic heterocycles. The van der Waals surface area contributed by atoms with Gasteiger partial charge in [0.2, 0.25) is 0 Å². The number of piperidine rings is 1. The Bertz CT molecular complexity index is 1060. The van der Waals surface area contributed by atoms with Gasteiger partial charge in [0.1, 0.15) is 23.5 Å². The van der Waals surface area contributed by atoms with Crippen LogP contribution in [0.2, 0.25) is 5.02 Å². The van der Waals surface area contributed by atoms with E-state index < -0.39 is 0 Å². The van der Waals surface area contributed by atoms with Gasteiger partial charge >= 0.3 is 0 Å². The van der Waals surface area contributed by atoms with Gasteiger partial charge < -0.3 is 20.5 Å². The van der Waals surface area contributed by atoms with Gasteiger partial charge in [-0.15, -0.1) is 0 Å². The zero-order valence-electron chi connectivity index (χ0n) is 14.8. The molecule has 0 saturated carbocycles. The van der Waals surface area contributed by atoms with Gasteiger partial charge in [-0.3, -0.25) is 4.79 Å².